The molecule has 1 atom stereocenters. The van der Waals surface area contributed by atoms with E-state index in [1.807, 2.05) is 15.6 Å². The molecule has 0 fully saturated rings. The van der Waals surface area contributed by atoms with Crippen molar-refractivity contribution in [2.45, 2.75) is 39.0 Å². The summed E-state index contributed by atoms with van der Waals surface area (Å²) in [5.41, 5.74) is 2.29. The van der Waals surface area contributed by atoms with Crippen LogP contribution in [0.1, 0.15) is 43.0 Å². The number of aromatic nitrogens is 4. The SMILES string of the molecule is CCCSCC(=O)N1CCCn2nc(C(O)c3ccnn3C)cc2C1. The number of aliphatic hydroxyl groups excluding tert-OH is 1. The Labute approximate surface area is 152 Å². The summed E-state index contributed by atoms with van der Waals surface area (Å²) in [6.07, 6.45) is 2.81. The zero-order valence-corrected chi connectivity index (χ0v) is 15.6. The van der Waals surface area contributed by atoms with Crippen LogP contribution < -0.4 is 0 Å². The number of hydrogen-bond donors (Lipinski definition) is 1. The minimum atomic E-state index is -0.809. The standard InChI is InChI=1S/C17H25N5O2S/c1-3-9-25-12-16(23)21-7-4-8-22-13(11-21)10-14(19-22)17(24)15-5-6-18-20(15)2/h5-6,10,17,24H,3-4,7-9,11-12H2,1-2H3. The van der Waals surface area contributed by atoms with E-state index in [4.69, 9.17) is 0 Å². The van der Waals surface area contributed by atoms with Gasteiger partial charge in [-0.1, -0.05) is 6.92 Å². The molecule has 136 valence electrons. The van der Waals surface area contributed by atoms with Gasteiger partial charge in [0.15, 0.2) is 0 Å². The second kappa shape index (κ2) is 8.05. The van der Waals surface area contributed by atoms with Crippen LogP contribution in [0.15, 0.2) is 18.3 Å². The molecule has 25 heavy (non-hydrogen) atoms. The fraction of sp³-hybridized carbons (Fsp3) is 0.588. The Morgan fingerprint density at radius 3 is 3.00 bits per heavy atom. The second-order valence-electron chi connectivity index (χ2n) is 6.29. The molecule has 1 N–H and O–H groups in total. The Kier molecular flexibility index (Phi) is 5.80. The molecule has 0 aliphatic carbocycles. The van der Waals surface area contributed by atoms with Crippen molar-refractivity contribution < 1.29 is 9.90 Å². The van der Waals surface area contributed by atoms with Crippen LogP contribution in [-0.4, -0.2) is 53.5 Å². The van der Waals surface area contributed by atoms with Gasteiger partial charge < -0.3 is 10.0 Å². The number of carbonyl (C=O) groups excluding carboxylic acids is 1. The number of rotatable bonds is 6. The number of amides is 1. The van der Waals surface area contributed by atoms with Crippen molar-refractivity contribution in [3.8, 4) is 0 Å². The van der Waals surface area contributed by atoms with Crippen molar-refractivity contribution in [3.63, 3.8) is 0 Å². The topological polar surface area (TPSA) is 76.2 Å². The van der Waals surface area contributed by atoms with Crippen LogP contribution in [0.5, 0.6) is 0 Å². The third-order valence-electron chi connectivity index (χ3n) is 4.38. The quantitative estimate of drug-likeness (QED) is 0.789. The van der Waals surface area contributed by atoms with E-state index in [9.17, 15) is 9.90 Å². The number of aliphatic hydroxyl groups is 1. The van der Waals surface area contributed by atoms with Crippen molar-refractivity contribution in [1.82, 2.24) is 24.5 Å². The summed E-state index contributed by atoms with van der Waals surface area (Å²) < 4.78 is 3.57. The predicted molar refractivity (Wildman–Crippen MR) is 97.1 cm³/mol. The Morgan fingerprint density at radius 2 is 2.28 bits per heavy atom. The Hall–Kier alpha value is -1.80. The lowest BCUT2D eigenvalue weighted by atomic mass is 10.2. The number of aryl methyl sites for hydroxylation is 2. The van der Waals surface area contributed by atoms with E-state index >= 15 is 0 Å². The van der Waals surface area contributed by atoms with Crippen LogP contribution in [0.25, 0.3) is 0 Å². The largest absolute Gasteiger partial charge is 0.380 e. The zero-order chi connectivity index (χ0) is 17.8. The molecule has 8 heteroatoms. The summed E-state index contributed by atoms with van der Waals surface area (Å²) in [6.45, 7) is 4.20. The molecule has 1 aliphatic heterocycles. The van der Waals surface area contributed by atoms with Crippen molar-refractivity contribution in [2.75, 3.05) is 18.1 Å². The monoisotopic (exact) mass is 363 g/mol. The van der Waals surface area contributed by atoms with Gasteiger partial charge in [-0.05, 0) is 30.7 Å². The Morgan fingerprint density at radius 1 is 1.44 bits per heavy atom. The first kappa shape index (κ1) is 18.0. The minimum Gasteiger partial charge on any atom is -0.380 e. The van der Waals surface area contributed by atoms with Gasteiger partial charge >= 0.3 is 0 Å². The fourth-order valence-corrected chi connectivity index (χ4v) is 3.82. The summed E-state index contributed by atoms with van der Waals surface area (Å²) in [5, 5.41) is 19.2. The van der Waals surface area contributed by atoms with Crippen LogP contribution in [0, 0.1) is 0 Å². The maximum absolute atomic E-state index is 12.4. The molecule has 1 amide bonds. The van der Waals surface area contributed by atoms with Crippen LogP contribution in [0.3, 0.4) is 0 Å². The highest BCUT2D eigenvalue weighted by molar-refractivity contribution is 7.99. The van der Waals surface area contributed by atoms with Gasteiger partial charge in [-0.2, -0.15) is 22.0 Å². The zero-order valence-electron chi connectivity index (χ0n) is 14.8. The van der Waals surface area contributed by atoms with E-state index in [1.165, 1.54) is 0 Å². The Bertz CT molecular complexity index is 726. The molecule has 7 nitrogen and oxygen atoms in total. The number of hydrogen-bond acceptors (Lipinski definition) is 5. The van der Waals surface area contributed by atoms with Crippen molar-refractivity contribution in [2.24, 2.45) is 7.05 Å². The first-order valence-corrected chi connectivity index (χ1v) is 9.83. The van der Waals surface area contributed by atoms with E-state index in [0.717, 1.165) is 37.4 Å². The Balaban J connectivity index is 1.72. The summed E-state index contributed by atoms with van der Waals surface area (Å²) in [7, 11) is 1.80. The average Bonchev–Trinajstić information content (AvgIpc) is 3.15. The maximum atomic E-state index is 12.4. The average molecular weight is 363 g/mol. The lowest BCUT2D eigenvalue weighted by Gasteiger charge is -2.19. The van der Waals surface area contributed by atoms with E-state index in [1.54, 1.807) is 35.8 Å². The normalized spacial score (nSPS) is 15.7. The highest BCUT2D eigenvalue weighted by Crippen LogP contribution is 2.23. The van der Waals surface area contributed by atoms with Gasteiger partial charge in [0.05, 0.1) is 29.4 Å². The molecule has 0 bridgehead atoms. The fourth-order valence-electron chi connectivity index (χ4n) is 3.03. The van der Waals surface area contributed by atoms with Gasteiger partial charge in [-0.15, -0.1) is 0 Å². The molecule has 2 aromatic heterocycles. The molecule has 1 unspecified atom stereocenters. The summed E-state index contributed by atoms with van der Waals surface area (Å²) in [5.74, 6) is 1.73. The lowest BCUT2D eigenvalue weighted by molar-refractivity contribution is -0.128. The molecule has 0 radical (unpaired) electrons. The highest BCUT2D eigenvalue weighted by atomic mass is 32.2. The van der Waals surface area contributed by atoms with Crippen LogP contribution in [0.2, 0.25) is 0 Å². The number of thioether (sulfide) groups is 1. The van der Waals surface area contributed by atoms with E-state index in [-0.39, 0.29) is 5.91 Å². The molecule has 3 heterocycles. The minimum absolute atomic E-state index is 0.182. The molecule has 2 aromatic rings. The van der Waals surface area contributed by atoms with E-state index < -0.39 is 6.10 Å². The smallest absolute Gasteiger partial charge is 0.232 e. The van der Waals surface area contributed by atoms with Gasteiger partial charge in [0.25, 0.3) is 0 Å². The van der Waals surface area contributed by atoms with Gasteiger partial charge in [0.1, 0.15) is 6.10 Å². The number of fused-ring (bicyclic) bond motifs is 1. The molecule has 0 spiro atoms. The first-order valence-electron chi connectivity index (χ1n) is 8.68. The van der Waals surface area contributed by atoms with Crippen molar-refractivity contribution >= 4 is 17.7 Å². The maximum Gasteiger partial charge on any atom is 0.232 e. The predicted octanol–water partition coefficient (Wildman–Crippen LogP) is 1.57. The number of nitrogens with zero attached hydrogens (tertiary/aromatic N) is 5. The van der Waals surface area contributed by atoms with Crippen LogP contribution >= 0.6 is 11.8 Å². The summed E-state index contributed by atoms with van der Waals surface area (Å²) in [6, 6.07) is 3.69. The molecular formula is C17H25N5O2S. The third kappa shape index (κ3) is 4.07. The van der Waals surface area contributed by atoms with Crippen molar-refractivity contribution in [3.05, 3.63) is 35.4 Å². The van der Waals surface area contributed by atoms with Gasteiger partial charge in [0.2, 0.25) is 5.91 Å². The summed E-state index contributed by atoms with van der Waals surface area (Å²) >= 11 is 1.69. The first-order chi connectivity index (χ1) is 12.1. The van der Waals surface area contributed by atoms with Crippen LogP contribution in [0.4, 0.5) is 0 Å². The van der Waals surface area contributed by atoms with E-state index in [0.29, 0.717) is 23.7 Å². The van der Waals surface area contributed by atoms with Crippen LogP contribution in [-0.2, 0) is 24.9 Å². The second-order valence-corrected chi connectivity index (χ2v) is 7.39. The molecule has 1 aliphatic rings. The van der Waals surface area contributed by atoms with Gasteiger partial charge in [0, 0.05) is 26.3 Å². The van der Waals surface area contributed by atoms with E-state index in [2.05, 4.69) is 17.1 Å². The number of carbonyl (C=O) groups is 1. The highest BCUT2D eigenvalue weighted by Gasteiger charge is 2.24. The molecule has 3 rings (SSSR count). The molecule has 0 aromatic carbocycles. The molecule has 0 saturated carbocycles. The molecule has 0 saturated heterocycles. The lowest BCUT2D eigenvalue weighted by Crippen LogP contribution is -2.32. The van der Waals surface area contributed by atoms with Crippen molar-refractivity contribution in [1.29, 1.82) is 0 Å². The third-order valence-corrected chi connectivity index (χ3v) is 5.53. The molecular weight excluding hydrogens is 338 g/mol. The van der Waals surface area contributed by atoms with Gasteiger partial charge in [-0.3, -0.25) is 14.2 Å². The van der Waals surface area contributed by atoms with Gasteiger partial charge in [-0.25, -0.2) is 0 Å². The summed E-state index contributed by atoms with van der Waals surface area (Å²) in [4.78, 5) is 14.3.